The van der Waals surface area contributed by atoms with E-state index in [2.05, 4.69) is 15.3 Å². The molecule has 1 aliphatic rings. The normalized spacial score (nSPS) is 18.2. The van der Waals surface area contributed by atoms with Crippen LogP contribution in [0.4, 0.5) is 0 Å². The predicted molar refractivity (Wildman–Crippen MR) is 95.4 cm³/mol. The summed E-state index contributed by atoms with van der Waals surface area (Å²) in [5, 5.41) is 2.84. The molecule has 1 fully saturated rings. The predicted octanol–water partition coefficient (Wildman–Crippen LogP) is 1.71. The molecule has 25 heavy (non-hydrogen) atoms. The SMILES string of the molecule is CC1(C)OB(c2cccc(CNC(=O)c3cnccn3)c2)OC1(C)C. The van der Waals surface area contributed by atoms with Crippen LogP contribution in [-0.4, -0.2) is 34.2 Å². The van der Waals surface area contributed by atoms with Crippen molar-refractivity contribution in [1.82, 2.24) is 15.3 Å². The summed E-state index contributed by atoms with van der Waals surface area (Å²) in [5.41, 5.74) is 1.43. The topological polar surface area (TPSA) is 73.3 Å². The average molecular weight is 339 g/mol. The summed E-state index contributed by atoms with van der Waals surface area (Å²) in [5.74, 6) is -0.255. The minimum Gasteiger partial charge on any atom is -0.399 e. The first-order valence-electron chi connectivity index (χ1n) is 8.27. The smallest absolute Gasteiger partial charge is 0.399 e. The van der Waals surface area contributed by atoms with Crippen molar-refractivity contribution in [3.63, 3.8) is 0 Å². The zero-order valence-corrected chi connectivity index (χ0v) is 14.9. The number of aromatic nitrogens is 2. The van der Waals surface area contributed by atoms with Crippen molar-refractivity contribution in [2.45, 2.75) is 45.4 Å². The van der Waals surface area contributed by atoms with Gasteiger partial charge in [0.25, 0.3) is 5.91 Å². The lowest BCUT2D eigenvalue weighted by Gasteiger charge is -2.32. The lowest BCUT2D eigenvalue weighted by atomic mass is 9.78. The van der Waals surface area contributed by atoms with E-state index >= 15 is 0 Å². The lowest BCUT2D eigenvalue weighted by Crippen LogP contribution is -2.41. The highest BCUT2D eigenvalue weighted by Crippen LogP contribution is 2.36. The number of nitrogens with one attached hydrogen (secondary N) is 1. The van der Waals surface area contributed by atoms with E-state index in [-0.39, 0.29) is 17.1 Å². The van der Waals surface area contributed by atoms with Crippen LogP contribution in [-0.2, 0) is 15.9 Å². The zero-order valence-electron chi connectivity index (χ0n) is 14.9. The third kappa shape index (κ3) is 3.72. The molecule has 130 valence electrons. The van der Waals surface area contributed by atoms with E-state index in [1.54, 1.807) is 0 Å². The fraction of sp³-hybridized carbons (Fsp3) is 0.389. The fourth-order valence-electron chi connectivity index (χ4n) is 2.52. The van der Waals surface area contributed by atoms with Crippen molar-refractivity contribution in [3.05, 3.63) is 54.1 Å². The van der Waals surface area contributed by atoms with Gasteiger partial charge in [-0.05, 0) is 38.7 Å². The van der Waals surface area contributed by atoms with Crippen LogP contribution < -0.4 is 10.8 Å². The molecular formula is C18H22BN3O3. The molecule has 0 spiro atoms. The first-order valence-corrected chi connectivity index (χ1v) is 8.27. The maximum atomic E-state index is 12.1. The van der Waals surface area contributed by atoms with Gasteiger partial charge in [-0.3, -0.25) is 9.78 Å². The molecule has 1 aliphatic heterocycles. The Morgan fingerprint density at radius 2 is 1.88 bits per heavy atom. The van der Waals surface area contributed by atoms with Crippen LogP contribution in [0.2, 0.25) is 0 Å². The number of carbonyl (C=O) groups excluding carboxylic acids is 1. The first kappa shape index (κ1) is 17.6. The molecule has 3 rings (SSSR count). The van der Waals surface area contributed by atoms with E-state index in [1.165, 1.54) is 18.6 Å². The Bertz CT molecular complexity index is 749. The van der Waals surface area contributed by atoms with Gasteiger partial charge in [0.15, 0.2) is 0 Å². The summed E-state index contributed by atoms with van der Waals surface area (Å²) in [6.07, 6.45) is 4.47. The van der Waals surface area contributed by atoms with E-state index in [1.807, 2.05) is 52.0 Å². The van der Waals surface area contributed by atoms with Gasteiger partial charge in [-0.15, -0.1) is 0 Å². The standard InChI is InChI=1S/C18H22BN3O3/c1-17(2)18(3,4)25-19(24-17)14-7-5-6-13(10-14)11-22-16(23)15-12-20-8-9-21-15/h5-10,12H,11H2,1-4H3,(H,22,23). The highest BCUT2D eigenvalue weighted by Gasteiger charge is 2.51. The van der Waals surface area contributed by atoms with Gasteiger partial charge in [-0.25, -0.2) is 4.98 Å². The lowest BCUT2D eigenvalue weighted by molar-refractivity contribution is 0.00578. The van der Waals surface area contributed by atoms with E-state index in [0.29, 0.717) is 12.2 Å². The molecule has 2 aromatic rings. The molecule has 1 saturated heterocycles. The first-order chi connectivity index (χ1) is 11.8. The number of benzene rings is 1. The van der Waals surface area contributed by atoms with Gasteiger partial charge in [-0.2, -0.15) is 0 Å². The van der Waals surface area contributed by atoms with Crippen molar-refractivity contribution >= 4 is 18.5 Å². The number of hydrogen-bond acceptors (Lipinski definition) is 5. The zero-order chi connectivity index (χ0) is 18.1. The van der Waals surface area contributed by atoms with Crippen LogP contribution in [0.3, 0.4) is 0 Å². The molecule has 1 aromatic carbocycles. The van der Waals surface area contributed by atoms with E-state index in [9.17, 15) is 4.79 Å². The van der Waals surface area contributed by atoms with Crippen LogP contribution in [0, 0.1) is 0 Å². The Labute approximate surface area is 148 Å². The highest BCUT2D eigenvalue weighted by atomic mass is 16.7. The van der Waals surface area contributed by atoms with Crippen LogP contribution in [0.25, 0.3) is 0 Å². The molecule has 0 unspecified atom stereocenters. The number of rotatable bonds is 4. The Morgan fingerprint density at radius 3 is 2.52 bits per heavy atom. The Kier molecular flexibility index (Phi) is 4.62. The van der Waals surface area contributed by atoms with Crippen molar-refractivity contribution in [1.29, 1.82) is 0 Å². The van der Waals surface area contributed by atoms with Gasteiger partial charge in [0.1, 0.15) is 5.69 Å². The van der Waals surface area contributed by atoms with Crippen molar-refractivity contribution in [3.8, 4) is 0 Å². The van der Waals surface area contributed by atoms with Crippen molar-refractivity contribution < 1.29 is 14.1 Å². The van der Waals surface area contributed by atoms with Crippen LogP contribution in [0.15, 0.2) is 42.9 Å². The van der Waals surface area contributed by atoms with Gasteiger partial charge in [0, 0.05) is 18.9 Å². The van der Waals surface area contributed by atoms with Crippen molar-refractivity contribution in [2.75, 3.05) is 0 Å². The number of nitrogens with zero attached hydrogens (tertiary/aromatic N) is 2. The number of hydrogen-bond donors (Lipinski definition) is 1. The molecule has 0 bridgehead atoms. The molecule has 0 saturated carbocycles. The third-order valence-corrected chi connectivity index (χ3v) is 4.73. The van der Waals surface area contributed by atoms with E-state index in [0.717, 1.165) is 11.0 Å². The average Bonchev–Trinajstić information content (AvgIpc) is 2.81. The van der Waals surface area contributed by atoms with Gasteiger partial charge in [0.2, 0.25) is 0 Å². The van der Waals surface area contributed by atoms with Gasteiger partial charge >= 0.3 is 7.12 Å². The summed E-state index contributed by atoms with van der Waals surface area (Å²) in [6, 6.07) is 7.84. The largest absolute Gasteiger partial charge is 0.494 e. The molecule has 6 nitrogen and oxygen atoms in total. The second-order valence-electron chi connectivity index (χ2n) is 7.11. The summed E-state index contributed by atoms with van der Waals surface area (Å²) < 4.78 is 12.1. The minimum absolute atomic E-state index is 0.255. The van der Waals surface area contributed by atoms with Gasteiger partial charge in [-0.1, -0.05) is 24.3 Å². The Hall–Kier alpha value is -2.25. The monoisotopic (exact) mass is 339 g/mol. The molecule has 2 heterocycles. The highest BCUT2D eigenvalue weighted by molar-refractivity contribution is 6.62. The summed E-state index contributed by atoms with van der Waals surface area (Å²) in [7, 11) is -0.416. The number of amides is 1. The fourth-order valence-corrected chi connectivity index (χ4v) is 2.52. The van der Waals surface area contributed by atoms with Crippen LogP contribution in [0.5, 0.6) is 0 Å². The molecular weight excluding hydrogens is 317 g/mol. The summed E-state index contributed by atoms with van der Waals surface area (Å²) >= 11 is 0. The van der Waals surface area contributed by atoms with E-state index in [4.69, 9.17) is 9.31 Å². The summed E-state index contributed by atoms with van der Waals surface area (Å²) in [6.45, 7) is 8.49. The molecule has 1 N–H and O–H groups in total. The molecule has 0 aliphatic carbocycles. The Balaban J connectivity index is 1.68. The second kappa shape index (κ2) is 6.57. The number of carbonyl (C=O) groups is 1. The molecule has 1 aromatic heterocycles. The maximum Gasteiger partial charge on any atom is 0.494 e. The van der Waals surface area contributed by atoms with Crippen LogP contribution in [0.1, 0.15) is 43.7 Å². The summed E-state index contributed by atoms with van der Waals surface area (Å²) in [4.78, 5) is 20.0. The molecule has 1 amide bonds. The third-order valence-electron chi connectivity index (χ3n) is 4.73. The van der Waals surface area contributed by atoms with Gasteiger partial charge < -0.3 is 14.6 Å². The maximum absolute atomic E-state index is 12.1. The van der Waals surface area contributed by atoms with Crippen LogP contribution >= 0.6 is 0 Å². The second-order valence-corrected chi connectivity index (χ2v) is 7.11. The molecule has 0 radical (unpaired) electrons. The van der Waals surface area contributed by atoms with Crippen molar-refractivity contribution in [2.24, 2.45) is 0 Å². The van der Waals surface area contributed by atoms with Gasteiger partial charge in [0.05, 0.1) is 17.4 Å². The minimum atomic E-state index is -0.416. The molecule has 7 heteroatoms. The van der Waals surface area contributed by atoms with E-state index < -0.39 is 7.12 Å². The quantitative estimate of drug-likeness (QED) is 0.859. The molecule has 0 atom stereocenters. The Morgan fingerprint density at radius 1 is 1.16 bits per heavy atom.